The summed E-state index contributed by atoms with van der Waals surface area (Å²) in [5, 5.41) is 0. The van der Waals surface area contributed by atoms with E-state index in [1.165, 1.54) is 11.1 Å². The largest absolute Gasteiger partial charge is 0.300 e. The minimum atomic E-state index is 0.364. The second-order valence-electron chi connectivity index (χ2n) is 4.30. The van der Waals surface area contributed by atoms with E-state index in [-0.39, 0.29) is 0 Å². The van der Waals surface area contributed by atoms with Crippen LogP contribution in [0.15, 0.2) is 23.3 Å². The van der Waals surface area contributed by atoms with Gasteiger partial charge >= 0.3 is 0 Å². The number of Topliss-reactive ketones (excluding diaryl/α,β-unsaturated/α-hetero) is 1. The van der Waals surface area contributed by atoms with Crippen LogP contribution in [0.4, 0.5) is 0 Å². The van der Waals surface area contributed by atoms with Crippen molar-refractivity contribution in [2.45, 2.75) is 59.8 Å². The van der Waals surface area contributed by atoms with Gasteiger partial charge in [0.1, 0.15) is 5.78 Å². The molecule has 0 N–H and O–H groups in total. The first-order valence-corrected chi connectivity index (χ1v) is 5.87. The van der Waals surface area contributed by atoms with Gasteiger partial charge in [-0.3, -0.25) is 4.79 Å². The topological polar surface area (TPSA) is 17.1 Å². The summed E-state index contributed by atoms with van der Waals surface area (Å²) in [6.45, 7) is 8.32. The first-order valence-electron chi connectivity index (χ1n) is 5.87. The van der Waals surface area contributed by atoms with Gasteiger partial charge in [0.25, 0.3) is 0 Å². The Balaban J connectivity index is 3.70. The summed E-state index contributed by atoms with van der Waals surface area (Å²) < 4.78 is 0. The highest BCUT2D eigenvalue weighted by Crippen LogP contribution is 2.08. The molecule has 0 atom stereocenters. The van der Waals surface area contributed by atoms with Gasteiger partial charge in [-0.1, -0.05) is 30.2 Å². The predicted octanol–water partition coefficient (Wildman–Crippen LogP) is 4.44. The molecule has 15 heavy (non-hydrogen) atoms. The number of hydrogen-bond donors (Lipinski definition) is 0. The monoisotopic (exact) mass is 208 g/mol. The summed E-state index contributed by atoms with van der Waals surface area (Å²) in [6, 6.07) is 0. The molecule has 0 aromatic heterocycles. The smallest absolute Gasteiger partial charge is 0.132 e. The number of allylic oxidation sites excluding steroid dienone is 4. The lowest BCUT2D eigenvalue weighted by molar-refractivity contribution is -0.118. The summed E-state index contributed by atoms with van der Waals surface area (Å²) in [6.07, 6.45) is 8.98. The standard InChI is InChI=1S/C14H24O/c1-5-14(15)11-7-10-13(4)9-6-8-12(2)3/h8,10H,5-7,9,11H2,1-4H3. The molecule has 0 radical (unpaired) electrons. The summed E-state index contributed by atoms with van der Waals surface area (Å²) in [5.41, 5.74) is 2.78. The Morgan fingerprint density at radius 2 is 1.60 bits per heavy atom. The van der Waals surface area contributed by atoms with E-state index in [1.807, 2.05) is 6.92 Å². The van der Waals surface area contributed by atoms with E-state index >= 15 is 0 Å². The molecule has 0 fully saturated rings. The molecular weight excluding hydrogens is 184 g/mol. The predicted molar refractivity (Wildman–Crippen MR) is 67.0 cm³/mol. The number of carbonyl (C=O) groups excluding carboxylic acids is 1. The molecule has 0 amide bonds. The first-order chi connectivity index (χ1) is 7.06. The Morgan fingerprint density at radius 1 is 1.00 bits per heavy atom. The van der Waals surface area contributed by atoms with Crippen molar-refractivity contribution in [3.05, 3.63) is 23.3 Å². The zero-order valence-corrected chi connectivity index (χ0v) is 10.6. The molecule has 1 nitrogen and oxygen atoms in total. The van der Waals surface area contributed by atoms with Crippen LogP contribution >= 0.6 is 0 Å². The van der Waals surface area contributed by atoms with Crippen molar-refractivity contribution in [2.75, 3.05) is 0 Å². The molecule has 1 heteroatoms. The summed E-state index contributed by atoms with van der Waals surface area (Å²) in [4.78, 5) is 11.1. The van der Waals surface area contributed by atoms with E-state index < -0.39 is 0 Å². The average Bonchev–Trinajstić information content (AvgIpc) is 2.17. The van der Waals surface area contributed by atoms with Crippen molar-refractivity contribution in [1.29, 1.82) is 0 Å². The van der Waals surface area contributed by atoms with Crippen molar-refractivity contribution in [1.82, 2.24) is 0 Å². The number of hydrogen-bond acceptors (Lipinski definition) is 1. The van der Waals surface area contributed by atoms with Gasteiger partial charge in [0.2, 0.25) is 0 Å². The van der Waals surface area contributed by atoms with Gasteiger partial charge < -0.3 is 0 Å². The third-order valence-electron chi connectivity index (χ3n) is 2.40. The lowest BCUT2D eigenvalue weighted by atomic mass is 10.1. The van der Waals surface area contributed by atoms with E-state index in [1.54, 1.807) is 0 Å². The Bertz CT molecular complexity index is 242. The normalized spacial score (nSPS) is 11.3. The molecule has 0 aliphatic carbocycles. The van der Waals surface area contributed by atoms with Crippen LogP contribution < -0.4 is 0 Å². The van der Waals surface area contributed by atoms with Crippen LogP contribution in [0.5, 0.6) is 0 Å². The van der Waals surface area contributed by atoms with Crippen molar-refractivity contribution < 1.29 is 4.79 Å². The SMILES string of the molecule is CCC(=O)CCC=C(C)CCC=C(C)C. The van der Waals surface area contributed by atoms with Gasteiger partial charge in [0, 0.05) is 12.8 Å². The van der Waals surface area contributed by atoms with E-state index in [0.29, 0.717) is 18.6 Å². The molecule has 0 aromatic rings. The van der Waals surface area contributed by atoms with E-state index in [4.69, 9.17) is 0 Å². The number of ketones is 1. The zero-order valence-electron chi connectivity index (χ0n) is 10.6. The summed E-state index contributed by atoms with van der Waals surface area (Å²) in [7, 11) is 0. The van der Waals surface area contributed by atoms with Crippen LogP contribution in [-0.4, -0.2) is 5.78 Å². The Morgan fingerprint density at radius 3 is 2.13 bits per heavy atom. The molecule has 0 aliphatic heterocycles. The van der Waals surface area contributed by atoms with Gasteiger partial charge in [-0.2, -0.15) is 0 Å². The van der Waals surface area contributed by atoms with Gasteiger partial charge in [0.15, 0.2) is 0 Å². The van der Waals surface area contributed by atoms with Crippen LogP contribution in [-0.2, 0) is 4.79 Å². The fourth-order valence-electron chi connectivity index (χ4n) is 1.35. The summed E-state index contributed by atoms with van der Waals surface area (Å²) >= 11 is 0. The van der Waals surface area contributed by atoms with E-state index in [9.17, 15) is 4.79 Å². The molecule has 0 rings (SSSR count). The third kappa shape index (κ3) is 9.45. The van der Waals surface area contributed by atoms with Gasteiger partial charge in [-0.25, -0.2) is 0 Å². The third-order valence-corrected chi connectivity index (χ3v) is 2.40. The molecular formula is C14H24O. The van der Waals surface area contributed by atoms with Gasteiger partial charge in [-0.15, -0.1) is 0 Å². The maximum absolute atomic E-state index is 11.1. The summed E-state index contributed by atoms with van der Waals surface area (Å²) in [5.74, 6) is 0.364. The molecule has 0 bridgehead atoms. The fraction of sp³-hybridized carbons (Fsp3) is 0.643. The Labute approximate surface area is 94.3 Å². The molecule has 0 aromatic carbocycles. The van der Waals surface area contributed by atoms with Crippen LogP contribution in [0.1, 0.15) is 59.8 Å². The Kier molecular flexibility index (Phi) is 7.98. The van der Waals surface area contributed by atoms with Crippen LogP contribution in [0.2, 0.25) is 0 Å². The lowest BCUT2D eigenvalue weighted by Crippen LogP contribution is -1.92. The molecule has 0 spiro atoms. The number of carbonyl (C=O) groups is 1. The average molecular weight is 208 g/mol. The quantitative estimate of drug-likeness (QED) is 0.565. The first kappa shape index (κ1) is 14.2. The fourth-order valence-corrected chi connectivity index (χ4v) is 1.35. The van der Waals surface area contributed by atoms with Crippen molar-refractivity contribution in [3.8, 4) is 0 Å². The maximum atomic E-state index is 11.1. The van der Waals surface area contributed by atoms with Gasteiger partial charge in [0.05, 0.1) is 0 Å². The van der Waals surface area contributed by atoms with E-state index in [2.05, 4.69) is 32.9 Å². The van der Waals surface area contributed by atoms with Crippen LogP contribution in [0.3, 0.4) is 0 Å². The zero-order chi connectivity index (χ0) is 11.7. The highest BCUT2D eigenvalue weighted by molar-refractivity contribution is 5.78. The maximum Gasteiger partial charge on any atom is 0.132 e. The molecule has 0 heterocycles. The minimum absolute atomic E-state index is 0.364. The van der Waals surface area contributed by atoms with Crippen LogP contribution in [0, 0.1) is 0 Å². The van der Waals surface area contributed by atoms with Crippen molar-refractivity contribution >= 4 is 5.78 Å². The lowest BCUT2D eigenvalue weighted by Gasteiger charge is -1.99. The van der Waals surface area contributed by atoms with E-state index in [0.717, 1.165) is 19.3 Å². The second kappa shape index (κ2) is 8.46. The Hall–Kier alpha value is -0.850. The van der Waals surface area contributed by atoms with Crippen molar-refractivity contribution in [3.63, 3.8) is 0 Å². The molecule has 0 unspecified atom stereocenters. The van der Waals surface area contributed by atoms with Crippen LogP contribution in [0.25, 0.3) is 0 Å². The molecule has 0 saturated carbocycles. The van der Waals surface area contributed by atoms with Gasteiger partial charge in [-0.05, 0) is 40.0 Å². The molecule has 0 saturated heterocycles. The minimum Gasteiger partial charge on any atom is -0.300 e. The van der Waals surface area contributed by atoms with Crippen molar-refractivity contribution in [2.24, 2.45) is 0 Å². The highest BCUT2D eigenvalue weighted by Gasteiger charge is 1.95. The molecule has 0 aliphatic rings. The number of rotatable bonds is 7. The highest BCUT2D eigenvalue weighted by atomic mass is 16.1. The molecule has 86 valence electrons. The second-order valence-corrected chi connectivity index (χ2v) is 4.30.